The molecule has 1 aliphatic rings. The molecule has 1 heterocycles. The number of carbonyl (C=O) groups excluding carboxylic acids is 1. The maximum Gasteiger partial charge on any atom is 0.217 e. The molecule has 0 aliphatic carbocycles. The van der Waals surface area contributed by atoms with E-state index < -0.39 is 0 Å². The zero-order valence-electron chi connectivity index (χ0n) is 7.95. The molecule has 3 nitrogen and oxygen atoms in total. The predicted octanol–water partition coefficient (Wildman–Crippen LogP) is 1.04. The van der Waals surface area contributed by atoms with Crippen molar-refractivity contribution < 1.29 is 9.53 Å². The summed E-state index contributed by atoms with van der Waals surface area (Å²) in [5.74, 6) is 0.731. The molecule has 74 valence electrons. The smallest absolute Gasteiger partial charge is 0.217 e. The highest BCUT2D eigenvalue weighted by Crippen LogP contribution is 2.26. The van der Waals surface area contributed by atoms with Gasteiger partial charge >= 0.3 is 0 Å². The highest BCUT2D eigenvalue weighted by Gasteiger charge is 2.11. The molecule has 14 heavy (non-hydrogen) atoms. The molecule has 3 heteroatoms. The van der Waals surface area contributed by atoms with Crippen LogP contribution in [0.15, 0.2) is 18.2 Å². The second-order valence-corrected chi connectivity index (χ2v) is 3.51. The molecule has 0 fully saturated rings. The van der Waals surface area contributed by atoms with Gasteiger partial charge in [0.2, 0.25) is 5.91 Å². The third-order valence-electron chi connectivity index (χ3n) is 2.41. The molecule has 0 saturated heterocycles. The average molecular weight is 191 g/mol. The fourth-order valence-electron chi connectivity index (χ4n) is 1.66. The van der Waals surface area contributed by atoms with Crippen LogP contribution in [0, 0.1) is 0 Å². The quantitative estimate of drug-likeness (QED) is 0.776. The highest BCUT2D eigenvalue weighted by molar-refractivity contribution is 5.74. The van der Waals surface area contributed by atoms with Gasteiger partial charge in [-0.05, 0) is 23.6 Å². The number of carbonyl (C=O) groups is 1. The van der Waals surface area contributed by atoms with Crippen LogP contribution >= 0.6 is 0 Å². The molecular formula is C11H13NO2. The summed E-state index contributed by atoms with van der Waals surface area (Å²) >= 11 is 0. The largest absolute Gasteiger partial charge is 0.493 e. The molecule has 0 unspecified atom stereocenters. The Hall–Kier alpha value is -1.51. The minimum Gasteiger partial charge on any atom is -0.493 e. The van der Waals surface area contributed by atoms with Gasteiger partial charge in [0.15, 0.2) is 0 Å². The van der Waals surface area contributed by atoms with Crippen molar-refractivity contribution in [2.75, 3.05) is 6.61 Å². The Morgan fingerprint density at radius 1 is 1.50 bits per heavy atom. The number of hydrogen-bond donors (Lipinski definition) is 1. The molecule has 0 aromatic heterocycles. The van der Waals surface area contributed by atoms with E-state index in [4.69, 9.17) is 10.5 Å². The van der Waals surface area contributed by atoms with Gasteiger partial charge in [0.05, 0.1) is 6.61 Å². The van der Waals surface area contributed by atoms with Crippen molar-refractivity contribution in [3.63, 3.8) is 0 Å². The molecule has 0 spiro atoms. The van der Waals surface area contributed by atoms with Crippen molar-refractivity contribution in [1.82, 2.24) is 0 Å². The van der Waals surface area contributed by atoms with Gasteiger partial charge in [-0.1, -0.05) is 12.1 Å². The zero-order chi connectivity index (χ0) is 9.97. The molecule has 2 rings (SSSR count). The summed E-state index contributed by atoms with van der Waals surface area (Å²) in [5.41, 5.74) is 7.49. The van der Waals surface area contributed by atoms with Gasteiger partial charge in [0.25, 0.3) is 0 Å². The van der Waals surface area contributed by atoms with Crippen molar-refractivity contribution in [3.8, 4) is 5.75 Å². The normalized spacial score (nSPS) is 13.4. The number of benzene rings is 1. The molecule has 1 aromatic rings. The standard InChI is InChI=1S/C11H13NO2/c12-11(13)4-2-8-1-3-10-9(7-8)5-6-14-10/h1,3,7H,2,4-6H2,(H2,12,13). The van der Waals surface area contributed by atoms with Crippen LogP contribution in [0.25, 0.3) is 0 Å². The lowest BCUT2D eigenvalue weighted by molar-refractivity contribution is -0.117. The van der Waals surface area contributed by atoms with E-state index in [2.05, 4.69) is 6.07 Å². The van der Waals surface area contributed by atoms with E-state index in [1.165, 1.54) is 5.56 Å². The van der Waals surface area contributed by atoms with Gasteiger partial charge in [-0.2, -0.15) is 0 Å². The highest BCUT2D eigenvalue weighted by atomic mass is 16.5. The fourth-order valence-corrected chi connectivity index (χ4v) is 1.66. The van der Waals surface area contributed by atoms with Gasteiger partial charge in [-0.3, -0.25) is 4.79 Å². The maximum atomic E-state index is 10.6. The van der Waals surface area contributed by atoms with E-state index >= 15 is 0 Å². The van der Waals surface area contributed by atoms with Crippen LogP contribution in [0.2, 0.25) is 0 Å². The Morgan fingerprint density at radius 3 is 3.14 bits per heavy atom. The van der Waals surface area contributed by atoms with Crippen LogP contribution in [-0.4, -0.2) is 12.5 Å². The predicted molar refractivity (Wildman–Crippen MR) is 53.2 cm³/mol. The van der Waals surface area contributed by atoms with Gasteiger partial charge < -0.3 is 10.5 Å². The van der Waals surface area contributed by atoms with Gasteiger partial charge in [0, 0.05) is 12.8 Å². The Bertz CT molecular complexity index is 360. The third-order valence-corrected chi connectivity index (χ3v) is 2.41. The van der Waals surface area contributed by atoms with Crippen LogP contribution in [0.3, 0.4) is 0 Å². The summed E-state index contributed by atoms with van der Waals surface area (Å²) in [6.45, 7) is 0.772. The molecule has 0 bridgehead atoms. The lowest BCUT2D eigenvalue weighted by Gasteiger charge is -2.02. The van der Waals surface area contributed by atoms with Crippen molar-refractivity contribution in [3.05, 3.63) is 29.3 Å². The summed E-state index contributed by atoms with van der Waals surface area (Å²) in [4.78, 5) is 10.6. The SMILES string of the molecule is NC(=O)CCc1ccc2c(c1)CCO2. The van der Waals surface area contributed by atoms with E-state index in [1.54, 1.807) is 0 Å². The van der Waals surface area contributed by atoms with Crippen LogP contribution in [0.1, 0.15) is 17.5 Å². The van der Waals surface area contributed by atoms with Crippen molar-refractivity contribution in [1.29, 1.82) is 0 Å². The average Bonchev–Trinajstić information content (AvgIpc) is 2.61. The molecule has 1 amide bonds. The number of primary amides is 1. The summed E-state index contributed by atoms with van der Waals surface area (Å²) in [7, 11) is 0. The van der Waals surface area contributed by atoms with Gasteiger partial charge in [-0.15, -0.1) is 0 Å². The minimum absolute atomic E-state index is 0.248. The van der Waals surface area contributed by atoms with Crippen LogP contribution < -0.4 is 10.5 Å². The molecule has 0 radical (unpaired) electrons. The topological polar surface area (TPSA) is 52.3 Å². The Kier molecular flexibility index (Phi) is 2.39. The summed E-state index contributed by atoms with van der Waals surface area (Å²) in [5, 5.41) is 0. The Morgan fingerprint density at radius 2 is 2.36 bits per heavy atom. The van der Waals surface area contributed by atoms with Crippen LogP contribution in [0.4, 0.5) is 0 Å². The molecule has 0 atom stereocenters. The van der Waals surface area contributed by atoms with Crippen LogP contribution in [-0.2, 0) is 17.6 Å². The monoisotopic (exact) mass is 191 g/mol. The van der Waals surface area contributed by atoms with Gasteiger partial charge in [-0.25, -0.2) is 0 Å². The van der Waals surface area contributed by atoms with E-state index in [9.17, 15) is 4.79 Å². The summed E-state index contributed by atoms with van der Waals surface area (Å²) in [6.07, 6.45) is 2.11. The second kappa shape index (κ2) is 3.70. The number of nitrogens with two attached hydrogens (primary N) is 1. The third kappa shape index (κ3) is 1.87. The Labute approximate surface area is 82.9 Å². The van der Waals surface area contributed by atoms with Crippen molar-refractivity contribution in [2.45, 2.75) is 19.3 Å². The summed E-state index contributed by atoms with van der Waals surface area (Å²) < 4.78 is 5.39. The van der Waals surface area contributed by atoms with Crippen molar-refractivity contribution >= 4 is 5.91 Å². The van der Waals surface area contributed by atoms with Crippen LogP contribution in [0.5, 0.6) is 5.75 Å². The van der Waals surface area contributed by atoms with E-state index in [1.807, 2.05) is 12.1 Å². The van der Waals surface area contributed by atoms with E-state index in [0.29, 0.717) is 6.42 Å². The minimum atomic E-state index is -0.248. The van der Waals surface area contributed by atoms with E-state index in [-0.39, 0.29) is 5.91 Å². The molecule has 1 aliphatic heterocycles. The fraction of sp³-hybridized carbons (Fsp3) is 0.364. The van der Waals surface area contributed by atoms with Crippen molar-refractivity contribution in [2.24, 2.45) is 5.73 Å². The number of ether oxygens (including phenoxy) is 1. The first kappa shape index (κ1) is 9.06. The molecule has 2 N–H and O–H groups in total. The molecule has 1 aromatic carbocycles. The number of rotatable bonds is 3. The second-order valence-electron chi connectivity index (χ2n) is 3.51. The molecular weight excluding hydrogens is 178 g/mol. The number of amides is 1. The summed E-state index contributed by atoms with van der Waals surface area (Å²) in [6, 6.07) is 6.07. The maximum absolute atomic E-state index is 10.6. The zero-order valence-corrected chi connectivity index (χ0v) is 7.95. The number of hydrogen-bond acceptors (Lipinski definition) is 2. The van der Waals surface area contributed by atoms with Gasteiger partial charge in [0.1, 0.15) is 5.75 Å². The lowest BCUT2D eigenvalue weighted by atomic mass is 10.0. The first-order valence-electron chi connectivity index (χ1n) is 4.78. The first-order chi connectivity index (χ1) is 6.75. The number of fused-ring (bicyclic) bond motifs is 1. The lowest BCUT2D eigenvalue weighted by Crippen LogP contribution is -2.11. The Balaban J connectivity index is 2.09. The van der Waals surface area contributed by atoms with E-state index in [0.717, 1.165) is 30.8 Å². The molecule has 0 saturated carbocycles. The first-order valence-corrected chi connectivity index (χ1v) is 4.78. The number of aryl methyl sites for hydroxylation is 1.